The van der Waals surface area contributed by atoms with Gasteiger partial charge in [-0.2, -0.15) is 5.26 Å². The van der Waals surface area contributed by atoms with E-state index >= 15 is 0 Å². The van der Waals surface area contributed by atoms with E-state index in [1.54, 1.807) is 9.80 Å². The van der Waals surface area contributed by atoms with Gasteiger partial charge in [-0.15, -0.1) is 0 Å². The molecule has 0 atom stereocenters. The maximum Gasteiger partial charge on any atom is 0.409 e. The van der Waals surface area contributed by atoms with Crippen LogP contribution in [0.25, 0.3) is 0 Å². The highest BCUT2D eigenvalue weighted by Gasteiger charge is 2.24. The van der Waals surface area contributed by atoms with Crippen LogP contribution in [0.4, 0.5) is 10.5 Å². The van der Waals surface area contributed by atoms with Crippen LogP contribution >= 0.6 is 0 Å². The zero-order valence-corrected chi connectivity index (χ0v) is 18.7. The minimum absolute atomic E-state index is 0.0221. The smallest absolute Gasteiger partial charge is 0.409 e. The first-order valence-corrected chi connectivity index (χ1v) is 10.7. The summed E-state index contributed by atoms with van der Waals surface area (Å²) in [6, 6.07) is 8.17. The largest absolute Gasteiger partial charge is 0.449 e. The average molecular weight is 415 g/mol. The van der Waals surface area contributed by atoms with Crippen molar-refractivity contribution < 1.29 is 14.3 Å². The predicted octanol–water partition coefficient (Wildman–Crippen LogP) is 3.35. The fourth-order valence-electron chi connectivity index (χ4n) is 3.58. The summed E-state index contributed by atoms with van der Waals surface area (Å²) < 4.78 is 5.34. The lowest BCUT2D eigenvalue weighted by Crippen LogP contribution is -2.42. The van der Waals surface area contributed by atoms with Gasteiger partial charge in [0, 0.05) is 38.4 Å². The summed E-state index contributed by atoms with van der Waals surface area (Å²) in [5.41, 5.74) is 3.01. The lowest BCUT2D eigenvalue weighted by molar-refractivity contribution is -0.119. The number of nitriles is 1. The van der Waals surface area contributed by atoms with Crippen LogP contribution in [-0.4, -0.2) is 67.7 Å². The number of hydrogen-bond donors (Lipinski definition) is 0. The van der Waals surface area contributed by atoms with E-state index in [4.69, 9.17) is 10.00 Å². The van der Waals surface area contributed by atoms with Crippen molar-refractivity contribution in [1.82, 2.24) is 9.80 Å². The van der Waals surface area contributed by atoms with Gasteiger partial charge in [0.1, 0.15) is 0 Å². The number of rotatable bonds is 7. The molecule has 1 aromatic carbocycles. The van der Waals surface area contributed by atoms with Gasteiger partial charge in [0.05, 0.1) is 25.6 Å². The fourth-order valence-corrected chi connectivity index (χ4v) is 3.58. The van der Waals surface area contributed by atoms with Crippen LogP contribution in [0.15, 0.2) is 18.2 Å². The Hall–Kier alpha value is -2.59. The normalized spacial score (nSPS) is 14.9. The second-order valence-corrected chi connectivity index (χ2v) is 8.39. The zero-order chi connectivity index (χ0) is 22.1. The molecule has 1 aliphatic heterocycles. The van der Waals surface area contributed by atoms with Crippen molar-refractivity contribution in [3.63, 3.8) is 0 Å². The Morgan fingerprint density at radius 3 is 2.47 bits per heavy atom. The Morgan fingerprint density at radius 2 is 1.83 bits per heavy atom. The molecule has 0 aromatic heterocycles. The highest BCUT2D eigenvalue weighted by atomic mass is 16.6. The summed E-state index contributed by atoms with van der Waals surface area (Å²) in [5.74, 6) is 0.283. The number of carbonyl (C=O) groups is 2. The first-order valence-electron chi connectivity index (χ1n) is 10.7. The summed E-state index contributed by atoms with van der Waals surface area (Å²) in [7, 11) is 0. The molecular weight excluding hydrogens is 380 g/mol. The van der Waals surface area contributed by atoms with Crippen LogP contribution in [0.5, 0.6) is 0 Å². The minimum Gasteiger partial charge on any atom is -0.449 e. The standard InChI is InChI=1S/C23H34N4O3/c1-18(2)17-30-23(29)26-9-6-8-25(11-12-26)16-22(28)27(10-5-7-24)21-14-19(3)13-20(4)15-21/h13-15,18H,5-6,8-12,16-17H2,1-4H3. The Bertz CT molecular complexity index is 752. The Morgan fingerprint density at radius 1 is 1.13 bits per heavy atom. The molecule has 0 unspecified atom stereocenters. The molecule has 7 nitrogen and oxygen atoms in total. The van der Waals surface area contributed by atoms with Gasteiger partial charge in [-0.05, 0) is 49.4 Å². The fraction of sp³-hybridized carbons (Fsp3) is 0.609. The number of aryl methyl sites for hydroxylation is 2. The van der Waals surface area contributed by atoms with E-state index in [0.717, 1.165) is 29.8 Å². The van der Waals surface area contributed by atoms with E-state index in [2.05, 4.69) is 17.0 Å². The van der Waals surface area contributed by atoms with Crippen LogP contribution in [-0.2, 0) is 9.53 Å². The molecule has 1 aliphatic rings. The SMILES string of the molecule is Cc1cc(C)cc(N(CCC#N)C(=O)CN2CCCN(C(=O)OCC(C)C)CC2)c1. The van der Waals surface area contributed by atoms with Gasteiger partial charge >= 0.3 is 6.09 Å². The number of hydrogen-bond acceptors (Lipinski definition) is 5. The Labute approximate surface area is 180 Å². The lowest BCUT2D eigenvalue weighted by atomic mass is 10.1. The van der Waals surface area contributed by atoms with Crippen LogP contribution in [0, 0.1) is 31.1 Å². The lowest BCUT2D eigenvalue weighted by Gasteiger charge is -2.27. The molecule has 2 rings (SSSR count). The summed E-state index contributed by atoms with van der Waals surface area (Å²) in [5, 5.41) is 9.02. The van der Waals surface area contributed by atoms with Crippen LogP contribution < -0.4 is 4.90 Å². The highest BCUT2D eigenvalue weighted by molar-refractivity contribution is 5.95. The molecule has 0 N–H and O–H groups in total. The van der Waals surface area contributed by atoms with E-state index in [-0.39, 0.29) is 25.0 Å². The van der Waals surface area contributed by atoms with Gasteiger partial charge < -0.3 is 14.5 Å². The molecule has 0 saturated carbocycles. The van der Waals surface area contributed by atoms with E-state index < -0.39 is 0 Å². The first-order chi connectivity index (χ1) is 14.3. The first kappa shape index (κ1) is 23.7. The third-order valence-electron chi connectivity index (χ3n) is 5.01. The topological polar surface area (TPSA) is 76.9 Å². The van der Waals surface area contributed by atoms with E-state index in [1.807, 2.05) is 39.8 Å². The van der Waals surface area contributed by atoms with Crippen molar-refractivity contribution in [2.24, 2.45) is 5.92 Å². The Balaban J connectivity index is 2.00. The molecule has 164 valence electrons. The molecule has 7 heteroatoms. The average Bonchev–Trinajstić information content (AvgIpc) is 2.91. The van der Waals surface area contributed by atoms with E-state index in [0.29, 0.717) is 38.7 Å². The van der Waals surface area contributed by atoms with Crippen molar-refractivity contribution >= 4 is 17.7 Å². The third kappa shape index (κ3) is 7.34. The predicted molar refractivity (Wildman–Crippen MR) is 117 cm³/mol. The number of ether oxygens (including phenoxy) is 1. The zero-order valence-electron chi connectivity index (χ0n) is 18.7. The molecule has 1 fully saturated rings. The van der Waals surface area contributed by atoms with Crippen LogP contribution in [0.1, 0.15) is 37.8 Å². The monoisotopic (exact) mass is 414 g/mol. The van der Waals surface area contributed by atoms with E-state index in [9.17, 15) is 9.59 Å². The van der Waals surface area contributed by atoms with E-state index in [1.165, 1.54) is 0 Å². The van der Waals surface area contributed by atoms with Crippen LogP contribution in [0.3, 0.4) is 0 Å². The molecule has 0 spiro atoms. The van der Waals surface area contributed by atoms with Crippen LogP contribution in [0.2, 0.25) is 0 Å². The number of benzene rings is 1. The number of amides is 2. The third-order valence-corrected chi connectivity index (χ3v) is 5.01. The number of carbonyl (C=O) groups excluding carboxylic acids is 2. The van der Waals surface area contributed by atoms with Gasteiger partial charge in [0.15, 0.2) is 0 Å². The van der Waals surface area contributed by atoms with Crippen molar-refractivity contribution in [2.75, 3.05) is 50.8 Å². The molecule has 1 aromatic rings. The molecule has 1 heterocycles. The molecule has 0 bridgehead atoms. The van der Waals surface area contributed by atoms with Gasteiger partial charge in [-0.25, -0.2) is 4.79 Å². The molecule has 30 heavy (non-hydrogen) atoms. The quantitative estimate of drug-likeness (QED) is 0.684. The molecule has 1 saturated heterocycles. The van der Waals surface area contributed by atoms with Gasteiger partial charge in [-0.3, -0.25) is 9.69 Å². The van der Waals surface area contributed by atoms with Gasteiger partial charge in [0.2, 0.25) is 5.91 Å². The summed E-state index contributed by atoms with van der Waals surface area (Å²) in [6.07, 6.45) is 0.808. The Kier molecular flexibility index (Phi) is 9.13. The van der Waals surface area contributed by atoms with Crippen molar-refractivity contribution in [3.8, 4) is 6.07 Å². The molecule has 0 aliphatic carbocycles. The second kappa shape index (κ2) is 11.6. The van der Waals surface area contributed by atoms with Crippen molar-refractivity contribution in [3.05, 3.63) is 29.3 Å². The molecular formula is C23H34N4O3. The highest BCUT2D eigenvalue weighted by Crippen LogP contribution is 2.20. The minimum atomic E-state index is -0.275. The molecule has 2 amide bonds. The second-order valence-electron chi connectivity index (χ2n) is 8.39. The summed E-state index contributed by atoms with van der Waals surface area (Å²) >= 11 is 0. The van der Waals surface area contributed by atoms with Crippen molar-refractivity contribution in [2.45, 2.75) is 40.5 Å². The summed E-state index contributed by atoms with van der Waals surface area (Å²) in [4.78, 5) is 30.9. The van der Waals surface area contributed by atoms with Gasteiger partial charge in [-0.1, -0.05) is 19.9 Å². The number of nitrogens with zero attached hydrogens (tertiary/aromatic N) is 4. The van der Waals surface area contributed by atoms with Gasteiger partial charge in [0.25, 0.3) is 0 Å². The van der Waals surface area contributed by atoms with Crippen molar-refractivity contribution in [1.29, 1.82) is 5.26 Å². The maximum atomic E-state index is 13.1. The number of anilines is 1. The molecule has 0 radical (unpaired) electrons. The summed E-state index contributed by atoms with van der Waals surface area (Å²) in [6.45, 7) is 11.7. The maximum absolute atomic E-state index is 13.1.